The predicted molar refractivity (Wildman–Crippen MR) is 42.0 cm³/mol. The van der Waals surface area contributed by atoms with Gasteiger partial charge in [0.15, 0.2) is 0 Å². The van der Waals surface area contributed by atoms with Gasteiger partial charge in [-0.1, -0.05) is 0 Å². The summed E-state index contributed by atoms with van der Waals surface area (Å²) in [6.07, 6.45) is 1.55. The quantitative estimate of drug-likeness (QED) is 0.606. The van der Waals surface area contributed by atoms with Gasteiger partial charge in [-0.05, 0) is 0 Å². The Kier molecular flexibility index (Phi) is 2.80. The second-order valence-electron chi connectivity index (χ2n) is 2.35. The molecule has 0 fully saturated rings. The highest BCUT2D eigenvalue weighted by atomic mass is 16.5. The van der Waals surface area contributed by atoms with Gasteiger partial charge < -0.3 is 10.5 Å². The van der Waals surface area contributed by atoms with Crippen LogP contribution < -0.4 is 5.73 Å². The first-order valence-corrected chi connectivity index (χ1v) is 3.48. The summed E-state index contributed by atoms with van der Waals surface area (Å²) >= 11 is 0. The molecule has 3 N–H and O–H groups in total. The molecule has 5 heteroatoms. The van der Waals surface area contributed by atoms with Crippen molar-refractivity contribution < 1.29 is 4.74 Å². The first-order valence-electron chi connectivity index (χ1n) is 3.48. The number of ether oxygens (including phenoxy) is 1. The molecule has 0 spiro atoms. The van der Waals surface area contributed by atoms with Crippen LogP contribution in [0.3, 0.4) is 0 Å². The van der Waals surface area contributed by atoms with Gasteiger partial charge in [0.25, 0.3) is 0 Å². The number of hydrogen-bond acceptors (Lipinski definition) is 4. The molecule has 1 aromatic rings. The van der Waals surface area contributed by atoms with E-state index in [1.807, 2.05) is 6.07 Å². The van der Waals surface area contributed by atoms with Crippen molar-refractivity contribution in [1.82, 2.24) is 10.2 Å². The Hall–Kier alpha value is -1.38. The van der Waals surface area contributed by atoms with E-state index in [2.05, 4.69) is 10.2 Å². The number of nitriles is 1. The lowest BCUT2D eigenvalue weighted by Crippen LogP contribution is -2.25. The third kappa shape index (κ3) is 1.81. The summed E-state index contributed by atoms with van der Waals surface area (Å²) in [6, 6.07) is 2.00. The zero-order valence-corrected chi connectivity index (χ0v) is 6.74. The van der Waals surface area contributed by atoms with Crippen LogP contribution in [0.1, 0.15) is 11.3 Å². The molecular weight excluding hydrogens is 156 g/mol. The van der Waals surface area contributed by atoms with Crippen LogP contribution in [0.15, 0.2) is 6.20 Å². The standard InChI is InChI=1S/C7H10N4O/c1-12-7(9)2-6-5(3-8)4-10-11-6/h4,7H,2,9H2,1H3,(H,10,11). The number of rotatable bonds is 3. The van der Waals surface area contributed by atoms with Crippen molar-refractivity contribution in [2.24, 2.45) is 5.73 Å². The molecule has 0 aliphatic heterocycles. The summed E-state index contributed by atoms with van der Waals surface area (Å²) in [5.41, 5.74) is 6.74. The van der Waals surface area contributed by atoms with Crippen LogP contribution in [-0.2, 0) is 11.2 Å². The van der Waals surface area contributed by atoms with E-state index in [0.717, 1.165) is 0 Å². The average Bonchev–Trinajstić information content (AvgIpc) is 2.51. The molecular formula is C7H10N4O. The smallest absolute Gasteiger partial charge is 0.110 e. The summed E-state index contributed by atoms with van der Waals surface area (Å²) in [6.45, 7) is 0. The van der Waals surface area contributed by atoms with E-state index < -0.39 is 6.23 Å². The summed E-state index contributed by atoms with van der Waals surface area (Å²) in [4.78, 5) is 0. The lowest BCUT2D eigenvalue weighted by atomic mass is 10.2. The third-order valence-electron chi connectivity index (χ3n) is 1.55. The second-order valence-corrected chi connectivity index (χ2v) is 2.35. The second kappa shape index (κ2) is 3.85. The van der Waals surface area contributed by atoms with Crippen molar-refractivity contribution in [2.45, 2.75) is 12.6 Å². The first kappa shape index (κ1) is 8.71. The molecule has 1 unspecified atom stereocenters. The van der Waals surface area contributed by atoms with E-state index in [4.69, 9.17) is 15.7 Å². The number of hydrogen-bond donors (Lipinski definition) is 2. The maximum absolute atomic E-state index is 8.60. The molecule has 0 aliphatic carbocycles. The molecule has 0 saturated heterocycles. The van der Waals surface area contributed by atoms with Crippen molar-refractivity contribution in [3.63, 3.8) is 0 Å². The summed E-state index contributed by atoms with van der Waals surface area (Å²) in [5.74, 6) is 0. The SMILES string of the molecule is COC(N)Cc1[nH]ncc1C#N. The molecule has 1 atom stereocenters. The highest BCUT2D eigenvalue weighted by Crippen LogP contribution is 2.04. The molecule has 1 rings (SSSR count). The molecule has 0 bridgehead atoms. The normalized spacial score (nSPS) is 12.4. The third-order valence-corrected chi connectivity index (χ3v) is 1.55. The average molecular weight is 166 g/mol. The molecule has 0 amide bonds. The van der Waals surface area contributed by atoms with Crippen LogP contribution in [0.2, 0.25) is 0 Å². The predicted octanol–water partition coefficient (Wildman–Crippen LogP) is -0.245. The van der Waals surface area contributed by atoms with Crippen LogP contribution in [0.4, 0.5) is 0 Å². The minimum Gasteiger partial charge on any atom is -0.366 e. The van der Waals surface area contributed by atoms with Gasteiger partial charge >= 0.3 is 0 Å². The van der Waals surface area contributed by atoms with E-state index in [0.29, 0.717) is 17.7 Å². The number of aromatic nitrogens is 2. The van der Waals surface area contributed by atoms with E-state index in [1.54, 1.807) is 0 Å². The summed E-state index contributed by atoms with van der Waals surface area (Å²) in [7, 11) is 1.52. The molecule has 1 aromatic heterocycles. The molecule has 0 saturated carbocycles. The first-order chi connectivity index (χ1) is 5.77. The van der Waals surface area contributed by atoms with Gasteiger partial charge in [0.05, 0.1) is 17.5 Å². The molecule has 12 heavy (non-hydrogen) atoms. The van der Waals surface area contributed by atoms with Gasteiger partial charge in [0.1, 0.15) is 12.3 Å². The fourth-order valence-electron chi connectivity index (χ4n) is 0.849. The number of aromatic amines is 1. The minimum atomic E-state index is -0.391. The van der Waals surface area contributed by atoms with Crippen molar-refractivity contribution in [2.75, 3.05) is 7.11 Å². The van der Waals surface area contributed by atoms with Gasteiger partial charge in [-0.2, -0.15) is 10.4 Å². The van der Waals surface area contributed by atoms with E-state index in [1.165, 1.54) is 13.3 Å². The van der Waals surface area contributed by atoms with Crippen molar-refractivity contribution >= 4 is 0 Å². The molecule has 0 aliphatic rings. The van der Waals surface area contributed by atoms with Crippen LogP contribution in [0.5, 0.6) is 0 Å². The van der Waals surface area contributed by atoms with E-state index in [-0.39, 0.29) is 0 Å². The van der Waals surface area contributed by atoms with Gasteiger partial charge in [-0.3, -0.25) is 5.10 Å². The number of nitrogens with two attached hydrogens (primary N) is 1. The Bertz CT molecular complexity index is 288. The van der Waals surface area contributed by atoms with Crippen LogP contribution in [0.25, 0.3) is 0 Å². The summed E-state index contributed by atoms with van der Waals surface area (Å²) < 4.78 is 4.84. The van der Waals surface area contributed by atoms with Crippen molar-refractivity contribution in [1.29, 1.82) is 5.26 Å². The van der Waals surface area contributed by atoms with Crippen LogP contribution in [0, 0.1) is 11.3 Å². The maximum atomic E-state index is 8.60. The highest BCUT2D eigenvalue weighted by Gasteiger charge is 2.08. The van der Waals surface area contributed by atoms with E-state index >= 15 is 0 Å². The zero-order valence-electron chi connectivity index (χ0n) is 6.74. The fourth-order valence-corrected chi connectivity index (χ4v) is 0.849. The van der Waals surface area contributed by atoms with Gasteiger partial charge in [0.2, 0.25) is 0 Å². The Morgan fingerprint density at radius 3 is 3.25 bits per heavy atom. The largest absolute Gasteiger partial charge is 0.366 e. The number of nitrogens with one attached hydrogen (secondary N) is 1. The minimum absolute atomic E-state index is 0.391. The zero-order chi connectivity index (χ0) is 8.97. The Morgan fingerprint density at radius 2 is 2.67 bits per heavy atom. The Morgan fingerprint density at radius 1 is 1.92 bits per heavy atom. The highest BCUT2D eigenvalue weighted by molar-refractivity contribution is 5.30. The van der Waals surface area contributed by atoms with E-state index in [9.17, 15) is 0 Å². The maximum Gasteiger partial charge on any atom is 0.110 e. The van der Waals surface area contributed by atoms with Crippen molar-refractivity contribution in [3.05, 3.63) is 17.5 Å². The Balaban J connectivity index is 2.69. The van der Waals surface area contributed by atoms with Gasteiger partial charge in [0, 0.05) is 13.5 Å². The molecule has 0 radical (unpaired) electrons. The van der Waals surface area contributed by atoms with Crippen LogP contribution in [-0.4, -0.2) is 23.5 Å². The number of H-pyrrole nitrogens is 1. The monoisotopic (exact) mass is 166 g/mol. The van der Waals surface area contributed by atoms with Gasteiger partial charge in [-0.25, -0.2) is 0 Å². The van der Waals surface area contributed by atoms with Gasteiger partial charge in [-0.15, -0.1) is 0 Å². The number of nitrogens with zero attached hydrogens (tertiary/aromatic N) is 2. The van der Waals surface area contributed by atoms with Crippen molar-refractivity contribution in [3.8, 4) is 6.07 Å². The fraction of sp³-hybridized carbons (Fsp3) is 0.429. The molecule has 1 heterocycles. The topological polar surface area (TPSA) is 87.7 Å². The van der Waals surface area contributed by atoms with Crippen LogP contribution >= 0.6 is 0 Å². The molecule has 64 valence electrons. The molecule has 0 aromatic carbocycles. The Labute approximate surface area is 70.1 Å². The summed E-state index contributed by atoms with van der Waals surface area (Å²) in [5, 5.41) is 15.0. The lowest BCUT2D eigenvalue weighted by molar-refractivity contribution is 0.108. The lowest BCUT2D eigenvalue weighted by Gasteiger charge is -2.06. The molecule has 5 nitrogen and oxygen atoms in total. The number of methoxy groups -OCH3 is 1.